The molecule has 0 saturated carbocycles. The average Bonchev–Trinajstić information content (AvgIpc) is 2.79. The highest BCUT2D eigenvalue weighted by molar-refractivity contribution is 5.84. The van der Waals surface area contributed by atoms with Crippen molar-refractivity contribution < 1.29 is 9.18 Å². The number of halogens is 1. The summed E-state index contributed by atoms with van der Waals surface area (Å²) in [4.78, 5) is 14.6. The molecule has 26 heavy (non-hydrogen) atoms. The molecule has 2 aromatic carbocycles. The number of hydrogen-bond acceptors (Lipinski definition) is 2. The van der Waals surface area contributed by atoms with Crippen LogP contribution >= 0.6 is 0 Å². The van der Waals surface area contributed by atoms with Crippen LogP contribution in [0.1, 0.15) is 37.0 Å². The van der Waals surface area contributed by atoms with E-state index in [0.717, 1.165) is 5.69 Å². The number of anilines is 1. The summed E-state index contributed by atoms with van der Waals surface area (Å²) in [6, 6.07) is 13.1. The maximum absolute atomic E-state index is 14.1. The first-order valence-electron chi connectivity index (χ1n) is 8.99. The van der Waals surface area contributed by atoms with Gasteiger partial charge < -0.3 is 10.2 Å². The number of carbonyl (C=O) groups excluding carboxylic acids is 1. The molecule has 1 atom stereocenters. The number of benzene rings is 2. The van der Waals surface area contributed by atoms with Crippen LogP contribution in [0.25, 0.3) is 6.08 Å². The van der Waals surface area contributed by atoms with Crippen LogP contribution in [0.15, 0.2) is 48.5 Å². The van der Waals surface area contributed by atoms with Crippen LogP contribution in [-0.2, 0) is 10.2 Å². The zero-order valence-corrected chi connectivity index (χ0v) is 15.3. The van der Waals surface area contributed by atoms with Gasteiger partial charge in [0, 0.05) is 29.6 Å². The summed E-state index contributed by atoms with van der Waals surface area (Å²) in [5, 5.41) is 3.22. The Morgan fingerprint density at radius 2 is 1.96 bits per heavy atom. The SMILES string of the molecule is Cc1ccc2c(c1)C(C)(C)[C@]1(/C=C/c3ccccc3F)NC(=O)CCN21. The summed E-state index contributed by atoms with van der Waals surface area (Å²) in [7, 11) is 0. The quantitative estimate of drug-likeness (QED) is 0.882. The Balaban J connectivity index is 1.88. The van der Waals surface area contributed by atoms with E-state index in [1.54, 1.807) is 18.2 Å². The molecule has 1 fully saturated rings. The standard InChI is InChI=1S/C22H23FN2O/c1-15-8-9-19-17(14-15)21(2,3)22(24-20(26)11-13-25(19)22)12-10-16-6-4-5-7-18(16)23/h4-10,12,14H,11,13H2,1-3H3,(H,24,26)/b12-10+/t22-/m1/s1. The fourth-order valence-corrected chi connectivity index (χ4v) is 4.29. The first kappa shape index (κ1) is 16.8. The molecule has 2 aromatic rings. The monoisotopic (exact) mass is 350 g/mol. The van der Waals surface area contributed by atoms with Gasteiger partial charge in [0.15, 0.2) is 0 Å². The van der Waals surface area contributed by atoms with Crippen LogP contribution in [0.5, 0.6) is 0 Å². The number of rotatable bonds is 2. The highest BCUT2D eigenvalue weighted by Crippen LogP contribution is 2.52. The molecule has 1 amide bonds. The van der Waals surface area contributed by atoms with Crippen LogP contribution in [0, 0.1) is 12.7 Å². The molecule has 4 rings (SSSR count). The first-order valence-corrected chi connectivity index (χ1v) is 8.99. The van der Waals surface area contributed by atoms with Crippen molar-refractivity contribution in [2.75, 3.05) is 11.4 Å². The lowest BCUT2D eigenvalue weighted by Crippen LogP contribution is -2.68. The minimum atomic E-state index is -0.708. The van der Waals surface area contributed by atoms with E-state index >= 15 is 0 Å². The van der Waals surface area contributed by atoms with Crippen molar-refractivity contribution in [3.05, 3.63) is 71.0 Å². The lowest BCUT2D eigenvalue weighted by atomic mass is 9.74. The number of nitrogens with zero attached hydrogens (tertiary/aromatic N) is 1. The zero-order chi connectivity index (χ0) is 18.5. The van der Waals surface area contributed by atoms with Gasteiger partial charge in [0.25, 0.3) is 0 Å². The molecule has 0 spiro atoms. The van der Waals surface area contributed by atoms with E-state index in [4.69, 9.17) is 0 Å². The summed E-state index contributed by atoms with van der Waals surface area (Å²) in [6.07, 6.45) is 4.20. The Morgan fingerprint density at radius 3 is 2.73 bits per heavy atom. The molecular weight excluding hydrogens is 327 g/mol. The van der Waals surface area contributed by atoms with Gasteiger partial charge in [-0.05, 0) is 30.7 Å². The Morgan fingerprint density at radius 1 is 1.19 bits per heavy atom. The summed E-state index contributed by atoms with van der Waals surface area (Å²) in [5.41, 5.74) is 2.99. The van der Waals surface area contributed by atoms with E-state index in [1.165, 1.54) is 17.2 Å². The van der Waals surface area contributed by atoms with E-state index in [1.807, 2.05) is 12.1 Å². The molecule has 1 saturated heterocycles. The summed E-state index contributed by atoms with van der Waals surface area (Å²) in [5.74, 6) is -0.241. The van der Waals surface area contributed by atoms with Gasteiger partial charge in [0.1, 0.15) is 11.5 Å². The first-order chi connectivity index (χ1) is 12.3. The molecule has 0 radical (unpaired) electrons. The molecule has 0 unspecified atom stereocenters. The van der Waals surface area contributed by atoms with Gasteiger partial charge in [-0.2, -0.15) is 0 Å². The van der Waals surface area contributed by atoms with Gasteiger partial charge in [0.05, 0.1) is 0 Å². The highest BCUT2D eigenvalue weighted by atomic mass is 19.1. The zero-order valence-electron chi connectivity index (χ0n) is 15.3. The Hall–Kier alpha value is -2.62. The topological polar surface area (TPSA) is 32.3 Å². The van der Waals surface area contributed by atoms with E-state index < -0.39 is 5.66 Å². The van der Waals surface area contributed by atoms with Crippen LogP contribution in [0.2, 0.25) is 0 Å². The van der Waals surface area contributed by atoms with Crippen LogP contribution in [0.3, 0.4) is 0 Å². The molecule has 2 heterocycles. The molecule has 0 bridgehead atoms. The van der Waals surface area contributed by atoms with Crippen molar-refractivity contribution >= 4 is 17.7 Å². The maximum atomic E-state index is 14.1. The molecule has 4 heteroatoms. The van der Waals surface area contributed by atoms with Crippen LogP contribution in [-0.4, -0.2) is 18.1 Å². The number of amides is 1. The van der Waals surface area contributed by atoms with E-state index in [0.29, 0.717) is 18.5 Å². The third kappa shape index (κ3) is 2.28. The Bertz CT molecular complexity index is 918. The molecule has 3 nitrogen and oxygen atoms in total. The molecule has 2 aliphatic heterocycles. The third-order valence-corrected chi connectivity index (χ3v) is 5.80. The molecule has 134 valence electrons. The average molecular weight is 350 g/mol. The molecule has 1 N–H and O–H groups in total. The highest BCUT2D eigenvalue weighted by Gasteiger charge is 2.57. The summed E-state index contributed by atoms with van der Waals surface area (Å²) < 4.78 is 14.1. The van der Waals surface area contributed by atoms with Gasteiger partial charge in [-0.3, -0.25) is 4.79 Å². The second-order valence-corrected chi connectivity index (χ2v) is 7.72. The van der Waals surface area contributed by atoms with Crippen molar-refractivity contribution in [2.45, 2.75) is 38.3 Å². The Labute approximate surface area is 153 Å². The molecule has 0 aromatic heterocycles. The predicted molar refractivity (Wildman–Crippen MR) is 102 cm³/mol. The summed E-state index contributed by atoms with van der Waals surface area (Å²) in [6.45, 7) is 7.01. The lowest BCUT2D eigenvalue weighted by Gasteiger charge is -2.49. The van der Waals surface area contributed by atoms with Gasteiger partial charge >= 0.3 is 0 Å². The second-order valence-electron chi connectivity index (χ2n) is 7.72. The fraction of sp³-hybridized carbons (Fsp3) is 0.318. The van der Waals surface area contributed by atoms with Gasteiger partial charge in [-0.1, -0.05) is 55.8 Å². The van der Waals surface area contributed by atoms with Crippen molar-refractivity contribution in [1.29, 1.82) is 0 Å². The fourth-order valence-electron chi connectivity index (χ4n) is 4.29. The maximum Gasteiger partial charge on any atom is 0.223 e. The van der Waals surface area contributed by atoms with Gasteiger partial charge in [0.2, 0.25) is 5.91 Å². The minimum absolute atomic E-state index is 0.0250. The number of hydrogen-bond donors (Lipinski definition) is 1. The molecule has 0 aliphatic carbocycles. The number of fused-ring (bicyclic) bond motifs is 3. The second kappa shape index (κ2) is 5.70. The van der Waals surface area contributed by atoms with Gasteiger partial charge in [-0.25, -0.2) is 4.39 Å². The molecule has 2 aliphatic rings. The third-order valence-electron chi connectivity index (χ3n) is 5.80. The van der Waals surface area contributed by atoms with E-state index in [2.05, 4.69) is 49.2 Å². The predicted octanol–water partition coefficient (Wildman–Crippen LogP) is 4.16. The molecular formula is C22H23FN2O. The number of aryl methyl sites for hydroxylation is 1. The Kier molecular flexibility index (Phi) is 3.69. The minimum Gasteiger partial charge on any atom is -0.344 e. The largest absolute Gasteiger partial charge is 0.344 e. The lowest BCUT2D eigenvalue weighted by molar-refractivity contribution is -0.124. The van der Waals surface area contributed by atoms with Crippen molar-refractivity contribution in [3.63, 3.8) is 0 Å². The normalized spacial score (nSPS) is 23.7. The van der Waals surface area contributed by atoms with E-state index in [9.17, 15) is 9.18 Å². The smallest absolute Gasteiger partial charge is 0.223 e. The van der Waals surface area contributed by atoms with E-state index in [-0.39, 0.29) is 17.1 Å². The van der Waals surface area contributed by atoms with Crippen LogP contribution < -0.4 is 10.2 Å². The van der Waals surface area contributed by atoms with Crippen molar-refractivity contribution in [1.82, 2.24) is 5.32 Å². The number of nitrogens with one attached hydrogen (secondary N) is 1. The van der Waals surface area contributed by atoms with Crippen LogP contribution in [0.4, 0.5) is 10.1 Å². The number of carbonyl (C=O) groups is 1. The van der Waals surface area contributed by atoms with Gasteiger partial charge in [-0.15, -0.1) is 0 Å². The van der Waals surface area contributed by atoms with Crippen molar-refractivity contribution in [2.24, 2.45) is 0 Å². The summed E-state index contributed by atoms with van der Waals surface area (Å²) >= 11 is 0. The van der Waals surface area contributed by atoms with Crippen molar-refractivity contribution in [3.8, 4) is 0 Å².